The van der Waals surface area contributed by atoms with Gasteiger partial charge < -0.3 is 9.80 Å². The number of hydrogen-bond acceptors (Lipinski definition) is 5. The molecule has 7 heteroatoms. The lowest BCUT2D eigenvalue weighted by molar-refractivity contribution is 0.0756. The maximum atomic E-state index is 12.6. The summed E-state index contributed by atoms with van der Waals surface area (Å²) in [5.74, 6) is 1.22. The van der Waals surface area contributed by atoms with E-state index in [2.05, 4.69) is 38.4 Å². The lowest BCUT2D eigenvalue weighted by Gasteiger charge is -2.35. The summed E-state index contributed by atoms with van der Waals surface area (Å²) in [6.07, 6.45) is 0. The minimum Gasteiger partial charge on any atom is -0.353 e. The fraction of sp³-hybridized carbons (Fsp3) is 0.333. The molecule has 0 aliphatic carbocycles. The number of piperazine rings is 1. The first-order valence-electron chi connectivity index (χ1n) is 9.58. The Morgan fingerprint density at radius 1 is 1.04 bits per heavy atom. The summed E-state index contributed by atoms with van der Waals surface area (Å²) in [6.45, 7) is 6.27. The van der Waals surface area contributed by atoms with Gasteiger partial charge in [0.05, 0.1) is 4.70 Å². The predicted molar refractivity (Wildman–Crippen MR) is 114 cm³/mol. The number of aromatic nitrogens is 1. The zero-order valence-electron chi connectivity index (χ0n) is 15.5. The number of carbonyl (C=O) groups is 1. The van der Waals surface area contributed by atoms with Crippen LogP contribution in [0, 0.1) is 0 Å². The minimum absolute atomic E-state index is 0.102. The van der Waals surface area contributed by atoms with Gasteiger partial charge in [0, 0.05) is 61.8 Å². The smallest absolute Gasteiger partial charge is 0.254 e. The third-order valence-electron chi connectivity index (χ3n) is 5.67. The molecule has 1 amide bonds. The van der Waals surface area contributed by atoms with Gasteiger partial charge in [-0.25, -0.2) is 0 Å². The van der Waals surface area contributed by atoms with Crippen molar-refractivity contribution in [1.82, 2.24) is 14.2 Å². The first-order valence-corrected chi connectivity index (χ1v) is 10.7. The number of carbonyl (C=O) groups excluding carboxylic acids is 1. The second-order valence-corrected chi connectivity index (χ2v) is 8.60. The molecule has 2 aliphatic heterocycles. The third-order valence-corrected chi connectivity index (χ3v) is 6.72. The Morgan fingerprint density at radius 2 is 1.86 bits per heavy atom. The average molecular weight is 413 g/mol. The van der Waals surface area contributed by atoms with Crippen molar-refractivity contribution in [2.45, 2.75) is 6.54 Å². The van der Waals surface area contributed by atoms with Crippen LogP contribution in [-0.4, -0.2) is 59.3 Å². The fourth-order valence-electron chi connectivity index (χ4n) is 4.06. The Kier molecular flexibility index (Phi) is 4.70. The van der Waals surface area contributed by atoms with Crippen LogP contribution in [0.5, 0.6) is 0 Å². The highest BCUT2D eigenvalue weighted by Crippen LogP contribution is 2.30. The number of nitrogens with zero attached hydrogens (tertiary/aromatic N) is 4. The molecule has 5 nitrogen and oxygen atoms in total. The fourth-order valence-corrected chi connectivity index (χ4v) is 5.03. The molecule has 144 valence electrons. The zero-order chi connectivity index (χ0) is 19.1. The number of halogens is 1. The Bertz CT molecular complexity index is 1030. The Balaban J connectivity index is 1.17. The van der Waals surface area contributed by atoms with Crippen LogP contribution in [0.4, 0.5) is 5.82 Å². The van der Waals surface area contributed by atoms with Gasteiger partial charge in [-0.3, -0.25) is 9.69 Å². The Morgan fingerprint density at radius 3 is 2.71 bits per heavy atom. The van der Waals surface area contributed by atoms with Gasteiger partial charge in [0.1, 0.15) is 5.82 Å². The molecule has 0 unspecified atom stereocenters. The van der Waals surface area contributed by atoms with Crippen LogP contribution in [0.3, 0.4) is 0 Å². The van der Waals surface area contributed by atoms with Crippen LogP contribution in [0.25, 0.3) is 10.1 Å². The van der Waals surface area contributed by atoms with Crippen molar-refractivity contribution in [1.29, 1.82) is 0 Å². The molecule has 1 saturated heterocycles. The van der Waals surface area contributed by atoms with Crippen molar-refractivity contribution >= 4 is 44.9 Å². The monoisotopic (exact) mass is 412 g/mol. The van der Waals surface area contributed by atoms with Crippen LogP contribution in [0.2, 0.25) is 5.02 Å². The molecule has 0 atom stereocenters. The van der Waals surface area contributed by atoms with Gasteiger partial charge in [-0.05, 0) is 41.4 Å². The van der Waals surface area contributed by atoms with Crippen molar-refractivity contribution in [3.05, 3.63) is 58.6 Å². The number of anilines is 1. The number of rotatable bonds is 4. The van der Waals surface area contributed by atoms with Crippen molar-refractivity contribution in [2.24, 2.45) is 0 Å². The molecule has 0 saturated carbocycles. The van der Waals surface area contributed by atoms with E-state index in [1.54, 1.807) is 17.6 Å². The maximum Gasteiger partial charge on any atom is 0.254 e. The van der Waals surface area contributed by atoms with E-state index in [0.29, 0.717) is 11.6 Å². The quantitative estimate of drug-likeness (QED) is 0.654. The SMILES string of the molecule is O=C1c2cc(Cl)ccc2CN1CCN1CCN(c2nsc3ccccc23)CC1. The molecule has 28 heavy (non-hydrogen) atoms. The van der Waals surface area contributed by atoms with Gasteiger partial charge in [-0.1, -0.05) is 29.8 Å². The van der Waals surface area contributed by atoms with Crippen LogP contribution < -0.4 is 4.90 Å². The Labute approximate surface area is 173 Å². The highest BCUT2D eigenvalue weighted by molar-refractivity contribution is 7.13. The lowest BCUT2D eigenvalue weighted by atomic mass is 10.1. The lowest BCUT2D eigenvalue weighted by Crippen LogP contribution is -2.48. The van der Waals surface area contributed by atoms with E-state index < -0.39 is 0 Å². The molecule has 0 N–H and O–H groups in total. The molecule has 3 heterocycles. The van der Waals surface area contributed by atoms with E-state index >= 15 is 0 Å². The second-order valence-electron chi connectivity index (χ2n) is 7.36. The van der Waals surface area contributed by atoms with Crippen molar-refractivity contribution in [3.63, 3.8) is 0 Å². The van der Waals surface area contributed by atoms with E-state index in [1.807, 2.05) is 17.0 Å². The molecule has 2 aromatic carbocycles. The summed E-state index contributed by atoms with van der Waals surface area (Å²) in [4.78, 5) is 19.3. The molecule has 0 radical (unpaired) electrons. The van der Waals surface area contributed by atoms with Crippen LogP contribution in [0.15, 0.2) is 42.5 Å². The van der Waals surface area contributed by atoms with Gasteiger partial charge in [0.25, 0.3) is 5.91 Å². The van der Waals surface area contributed by atoms with Gasteiger partial charge in [-0.15, -0.1) is 0 Å². The number of hydrogen-bond donors (Lipinski definition) is 0. The first kappa shape index (κ1) is 17.9. The van der Waals surface area contributed by atoms with E-state index in [0.717, 1.165) is 56.2 Å². The number of amides is 1. The highest BCUT2D eigenvalue weighted by Gasteiger charge is 2.28. The van der Waals surface area contributed by atoms with E-state index in [9.17, 15) is 4.79 Å². The average Bonchev–Trinajstić information content (AvgIpc) is 3.28. The summed E-state index contributed by atoms with van der Waals surface area (Å²) in [7, 11) is 0. The van der Waals surface area contributed by atoms with Crippen LogP contribution in [-0.2, 0) is 6.54 Å². The molecule has 1 aromatic heterocycles. The van der Waals surface area contributed by atoms with E-state index in [1.165, 1.54) is 10.1 Å². The van der Waals surface area contributed by atoms with Crippen molar-refractivity contribution in [2.75, 3.05) is 44.2 Å². The van der Waals surface area contributed by atoms with Crippen LogP contribution in [0.1, 0.15) is 15.9 Å². The predicted octanol–water partition coefficient (Wildman–Crippen LogP) is 3.73. The molecule has 2 aliphatic rings. The van der Waals surface area contributed by atoms with Gasteiger partial charge >= 0.3 is 0 Å². The zero-order valence-corrected chi connectivity index (χ0v) is 17.0. The normalized spacial score (nSPS) is 17.5. The molecular formula is C21H21ClN4OS. The molecule has 5 rings (SSSR count). The topological polar surface area (TPSA) is 39.7 Å². The van der Waals surface area contributed by atoms with Gasteiger partial charge in [0.15, 0.2) is 0 Å². The summed E-state index contributed by atoms with van der Waals surface area (Å²) in [6, 6.07) is 14.0. The summed E-state index contributed by atoms with van der Waals surface area (Å²) in [5, 5.41) is 1.87. The minimum atomic E-state index is 0.102. The van der Waals surface area contributed by atoms with Crippen molar-refractivity contribution < 1.29 is 4.79 Å². The second kappa shape index (κ2) is 7.35. The largest absolute Gasteiger partial charge is 0.353 e. The highest BCUT2D eigenvalue weighted by atomic mass is 35.5. The number of fused-ring (bicyclic) bond motifs is 2. The Hall–Kier alpha value is -2.15. The molecule has 3 aromatic rings. The molecule has 1 fully saturated rings. The van der Waals surface area contributed by atoms with Crippen LogP contribution >= 0.6 is 23.1 Å². The number of benzene rings is 2. The standard InChI is InChI=1S/C21H21ClN4OS/c22-16-6-5-15-14-26(21(27)18(15)13-16)12-9-24-7-10-25(11-8-24)20-17-3-1-2-4-19(17)28-23-20/h1-6,13H,7-12,14H2. The summed E-state index contributed by atoms with van der Waals surface area (Å²) < 4.78 is 5.92. The molecule has 0 spiro atoms. The molecule has 0 bridgehead atoms. The maximum absolute atomic E-state index is 12.6. The summed E-state index contributed by atoms with van der Waals surface area (Å²) in [5.41, 5.74) is 1.84. The van der Waals surface area contributed by atoms with E-state index in [-0.39, 0.29) is 5.91 Å². The molecular weight excluding hydrogens is 392 g/mol. The summed E-state index contributed by atoms with van der Waals surface area (Å²) >= 11 is 7.61. The third kappa shape index (κ3) is 3.26. The van der Waals surface area contributed by atoms with Crippen molar-refractivity contribution in [3.8, 4) is 0 Å². The van der Waals surface area contributed by atoms with E-state index in [4.69, 9.17) is 11.6 Å². The van der Waals surface area contributed by atoms with Gasteiger partial charge in [-0.2, -0.15) is 4.37 Å². The van der Waals surface area contributed by atoms with Gasteiger partial charge in [0.2, 0.25) is 0 Å². The first-order chi connectivity index (χ1) is 13.7.